The summed E-state index contributed by atoms with van der Waals surface area (Å²) in [5.74, 6) is -0.447. The van der Waals surface area contributed by atoms with Crippen LogP contribution in [0, 0.1) is 0 Å². The van der Waals surface area contributed by atoms with Crippen molar-refractivity contribution in [1.82, 2.24) is 5.32 Å². The fourth-order valence-corrected chi connectivity index (χ4v) is 3.12. The van der Waals surface area contributed by atoms with Crippen molar-refractivity contribution < 1.29 is 15.0 Å². The zero-order chi connectivity index (χ0) is 14.8. The number of halogens is 2. The molecule has 1 aromatic rings. The van der Waals surface area contributed by atoms with E-state index in [0.717, 1.165) is 12.8 Å². The van der Waals surface area contributed by atoms with Crippen molar-refractivity contribution in [3.63, 3.8) is 0 Å². The summed E-state index contributed by atoms with van der Waals surface area (Å²) < 4.78 is 0. The average molecular weight is 318 g/mol. The molecule has 1 saturated carbocycles. The van der Waals surface area contributed by atoms with Crippen molar-refractivity contribution in [2.45, 2.75) is 37.4 Å². The molecule has 1 aliphatic carbocycles. The summed E-state index contributed by atoms with van der Waals surface area (Å²) in [6, 6.07) is 4.93. The van der Waals surface area contributed by atoms with Gasteiger partial charge in [0, 0.05) is 22.2 Å². The second kappa shape index (κ2) is 6.31. The number of rotatable bonds is 4. The molecule has 0 radical (unpaired) electrons. The lowest BCUT2D eigenvalue weighted by atomic mass is 10.0. The van der Waals surface area contributed by atoms with Crippen molar-refractivity contribution in [3.8, 4) is 0 Å². The highest BCUT2D eigenvalue weighted by Crippen LogP contribution is 2.31. The molecule has 0 saturated heterocycles. The van der Waals surface area contributed by atoms with E-state index in [-0.39, 0.29) is 6.54 Å². The number of aliphatic hydroxyl groups is 2. The van der Waals surface area contributed by atoms with Crippen LogP contribution in [0.5, 0.6) is 0 Å². The van der Waals surface area contributed by atoms with Gasteiger partial charge in [-0.25, -0.2) is 0 Å². The van der Waals surface area contributed by atoms with Crippen molar-refractivity contribution in [2.24, 2.45) is 0 Å². The summed E-state index contributed by atoms with van der Waals surface area (Å²) in [4.78, 5) is 11.9. The van der Waals surface area contributed by atoms with Gasteiger partial charge in [-0.15, -0.1) is 0 Å². The summed E-state index contributed by atoms with van der Waals surface area (Å²) in [5.41, 5.74) is -0.918. The van der Waals surface area contributed by atoms with Gasteiger partial charge in [-0.2, -0.15) is 0 Å². The third-order valence-electron chi connectivity index (χ3n) is 3.64. The van der Waals surface area contributed by atoms with Crippen LogP contribution in [-0.2, 0) is 4.79 Å². The fraction of sp³-hybridized carbons (Fsp3) is 0.500. The van der Waals surface area contributed by atoms with Gasteiger partial charge in [0.25, 0.3) is 5.91 Å². The van der Waals surface area contributed by atoms with Crippen molar-refractivity contribution in [3.05, 3.63) is 33.8 Å². The summed E-state index contributed by atoms with van der Waals surface area (Å²) in [6.07, 6.45) is 1.58. The normalized spacial score (nSPS) is 18.8. The van der Waals surface area contributed by atoms with Crippen molar-refractivity contribution in [1.29, 1.82) is 0 Å². The van der Waals surface area contributed by atoms with Crippen LogP contribution in [0.2, 0.25) is 10.0 Å². The molecule has 0 aliphatic heterocycles. The standard InChI is InChI=1S/C14H17Cl2NO3/c15-9-4-3-5-10(16)12(9)11(18)8-17-13(19)14(20)6-1-2-7-14/h3-5,11,18,20H,1-2,6-8H2,(H,17,19). The van der Waals surface area contributed by atoms with E-state index in [4.69, 9.17) is 23.2 Å². The molecule has 0 heterocycles. The zero-order valence-corrected chi connectivity index (χ0v) is 12.4. The van der Waals surface area contributed by atoms with Gasteiger partial charge >= 0.3 is 0 Å². The Morgan fingerprint density at radius 3 is 2.40 bits per heavy atom. The first-order chi connectivity index (χ1) is 9.44. The lowest BCUT2D eigenvalue weighted by Crippen LogP contribution is -2.45. The third kappa shape index (κ3) is 3.26. The van der Waals surface area contributed by atoms with Gasteiger partial charge in [-0.05, 0) is 37.8 Å². The molecule has 6 heteroatoms. The lowest BCUT2D eigenvalue weighted by Gasteiger charge is -2.22. The molecule has 4 nitrogen and oxygen atoms in total. The van der Waals surface area contributed by atoms with E-state index in [1.165, 1.54) is 0 Å². The quantitative estimate of drug-likeness (QED) is 0.799. The Labute approximate surface area is 127 Å². The minimum Gasteiger partial charge on any atom is -0.386 e. The maximum atomic E-state index is 11.9. The maximum absolute atomic E-state index is 11.9. The molecule has 0 spiro atoms. The monoisotopic (exact) mass is 317 g/mol. The average Bonchev–Trinajstić information content (AvgIpc) is 2.84. The Hall–Kier alpha value is -0.810. The van der Waals surface area contributed by atoms with Crippen LogP contribution in [0.15, 0.2) is 18.2 Å². The molecule has 110 valence electrons. The molecule has 1 amide bonds. The van der Waals surface area contributed by atoms with Gasteiger partial charge in [0.05, 0.1) is 6.10 Å². The highest BCUT2D eigenvalue weighted by atomic mass is 35.5. The Bertz CT molecular complexity index is 481. The second-order valence-electron chi connectivity index (χ2n) is 5.10. The second-order valence-corrected chi connectivity index (χ2v) is 5.91. The van der Waals surface area contributed by atoms with E-state index >= 15 is 0 Å². The van der Waals surface area contributed by atoms with E-state index in [1.807, 2.05) is 0 Å². The predicted molar refractivity (Wildman–Crippen MR) is 77.8 cm³/mol. The van der Waals surface area contributed by atoms with E-state index in [1.54, 1.807) is 18.2 Å². The Kier molecular flexibility index (Phi) is 4.91. The first-order valence-electron chi connectivity index (χ1n) is 6.57. The van der Waals surface area contributed by atoms with Crippen LogP contribution in [0.25, 0.3) is 0 Å². The number of nitrogens with one attached hydrogen (secondary N) is 1. The van der Waals surface area contributed by atoms with Crippen LogP contribution in [0.3, 0.4) is 0 Å². The van der Waals surface area contributed by atoms with Crippen molar-refractivity contribution in [2.75, 3.05) is 6.54 Å². The van der Waals surface area contributed by atoms with E-state index in [9.17, 15) is 15.0 Å². The number of hydrogen-bond acceptors (Lipinski definition) is 3. The molecule has 1 fully saturated rings. The fourth-order valence-electron chi connectivity index (χ4n) is 2.47. The highest BCUT2D eigenvalue weighted by molar-refractivity contribution is 6.36. The summed E-state index contributed by atoms with van der Waals surface area (Å²) in [5, 5.41) is 23.5. The smallest absolute Gasteiger partial charge is 0.252 e. The zero-order valence-electron chi connectivity index (χ0n) is 10.9. The minimum atomic E-state index is -1.30. The number of aliphatic hydroxyl groups excluding tert-OH is 1. The van der Waals surface area contributed by atoms with Gasteiger partial charge in [-0.3, -0.25) is 4.79 Å². The Morgan fingerprint density at radius 1 is 1.30 bits per heavy atom. The largest absolute Gasteiger partial charge is 0.386 e. The van der Waals surface area contributed by atoms with Crippen LogP contribution in [0.4, 0.5) is 0 Å². The molecule has 1 aromatic carbocycles. The molecule has 3 N–H and O–H groups in total. The van der Waals surface area contributed by atoms with E-state index in [2.05, 4.69) is 5.32 Å². The van der Waals surface area contributed by atoms with Crippen molar-refractivity contribution >= 4 is 29.1 Å². The summed E-state index contributed by atoms with van der Waals surface area (Å²) >= 11 is 12.0. The first kappa shape index (κ1) is 15.6. The molecular weight excluding hydrogens is 301 g/mol. The lowest BCUT2D eigenvalue weighted by molar-refractivity contribution is -0.139. The van der Waals surface area contributed by atoms with Gasteiger partial charge in [0.15, 0.2) is 0 Å². The maximum Gasteiger partial charge on any atom is 0.252 e. The molecule has 1 unspecified atom stereocenters. The van der Waals surface area contributed by atoms with E-state index < -0.39 is 17.6 Å². The number of carbonyl (C=O) groups excluding carboxylic acids is 1. The molecular formula is C14H17Cl2NO3. The Morgan fingerprint density at radius 2 is 1.85 bits per heavy atom. The van der Waals surface area contributed by atoms with E-state index in [0.29, 0.717) is 28.5 Å². The molecule has 0 bridgehead atoms. The molecule has 2 rings (SSSR count). The third-order valence-corrected chi connectivity index (χ3v) is 4.30. The van der Waals surface area contributed by atoms with Gasteiger partial charge in [-0.1, -0.05) is 29.3 Å². The van der Waals surface area contributed by atoms with Gasteiger partial charge < -0.3 is 15.5 Å². The number of carbonyl (C=O) groups is 1. The van der Waals surface area contributed by atoms with Crippen LogP contribution in [0.1, 0.15) is 37.4 Å². The summed E-state index contributed by atoms with van der Waals surface area (Å²) in [6.45, 7) is -0.0371. The molecule has 0 aromatic heterocycles. The molecule has 20 heavy (non-hydrogen) atoms. The van der Waals surface area contributed by atoms with Crippen LogP contribution in [-0.4, -0.2) is 28.3 Å². The van der Waals surface area contributed by atoms with Gasteiger partial charge in [0.2, 0.25) is 0 Å². The van der Waals surface area contributed by atoms with Gasteiger partial charge in [0.1, 0.15) is 5.60 Å². The number of benzene rings is 1. The van der Waals surface area contributed by atoms with Crippen LogP contribution < -0.4 is 5.32 Å². The SMILES string of the molecule is O=C(NCC(O)c1c(Cl)cccc1Cl)C1(O)CCCC1. The molecule has 1 aliphatic rings. The van der Waals surface area contributed by atoms with Crippen LogP contribution >= 0.6 is 23.2 Å². The molecule has 1 atom stereocenters. The number of hydrogen-bond donors (Lipinski definition) is 3. The number of amides is 1. The summed E-state index contributed by atoms with van der Waals surface area (Å²) in [7, 11) is 0. The minimum absolute atomic E-state index is 0.0371. The first-order valence-corrected chi connectivity index (χ1v) is 7.32. The highest BCUT2D eigenvalue weighted by Gasteiger charge is 2.38. The topological polar surface area (TPSA) is 69.6 Å². The Balaban J connectivity index is 1.98. The predicted octanol–water partition coefficient (Wildman–Crippen LogP) is 2.45.